The number of carbonyl (C=O) groups is 1. The van der Waals surface area contributed by atoms with E-state index in [9.17, 15) is 4.79 Å². The van der Waals surface area contributed by atoms with E-state index in [-0.39, 0.29) is 16.9 Å². The van der Waals surface area contributed by atoms with Gasteiger partial charge in [-0.2, -0.15) is 0 Å². The minimum Gasteiger partial charge on any atom is -0.462 e. The Morgan fingerprint density at radius 2 is 2.09 bits per heavy atom. The molecule has 0 saturated carbocycles. The molecule has 0 amide bonds. The summed E-state index contributed by atoms with van der Waals surface area (Å²) in [7, 11) is 0. The van der Waals surface area contributed by atoms with Gasteiger partial charge in [0.1, 0.15) is 4.83 Å². The van der Waals surface area contributed by atoms with Crippen molar-refractivity contribution in [3.63, 3.8) is 0 Å². The molecule has 2 nitrogen and oxygen atoms in total. The summed E-state index contributed by atoms with van der Waals surface area (Å²) in [5.41, 5.74) is 0. The molecule has 3 heteroatoms. The van der Waals surface area contributed by atoms with Crippen LogP contribution in [0.4, 0.5) is 0 Å². The maximum absolute atomic E-state index is 11.1. The van der Waals surface area contributed by atoms with Gasteiger partial charge >= 0.3 is 5.97 Å². The van der Waals surface area contributed by atoms with Crippen LogP contribution in [0.25, 0.3) is 0 Å². The van der Waals surface area contributed by atoms with Gasteiger partial charge in [0.25, 0.3) is 0 Å². The molecule has 0 aromatic rings. The molecule has 0 N–H and O–H groups in total. The van der Waals surface area contributed by atoms with Crippen LogP contribution in [-0.2, 0) is 9.53 Å². The summed E-state index contributed by atoms with van der Waals surface area (Å²) >= 11 is 3.26. The van der Waals surface area contributed by atoms with Gasteiger partial charge < -0.3 is 4.74 Å². The highest BCUT2D eigenvalue weighted by Gasteiger charge is 2.15. The largest absolute Gasteiger partial charge is 0.462 e. The van der Waals surface area contributed by atoms with E-state index in [4.69, 9.17) is 4.74 Å². The second kappa shape index (κ2) is 5.58. The Hall–Kier alpha value is -0.0500. The first-order valence-corrected chi connectivity index (χ1v) is 4.84. The lowest BCUT2D eigenvalue weighted by atomic mass is 10.2. The third-order valence-corrected chi connectivity index (χ3v) is 1.98. The molecule has 0 spiro atoms. The SMILES string of the molecule is CCCC(Br)C(=O)OC(C)C. The van der Waals surface area contributed by atoms with Gasteiger partial charge in [-0.3, -0.25) is 4.79 Å². The van der Waals surface area contributed by atoms with Gasteiger partial charge in [-0.15, -0.1) is 0 Å². The predicted octanol–water partition coefficient (Wildman–Crippen LogP) is 2.50. The van der Waals surface area contributed by atoms with Crippen molar-refractivity contribution in [3.05, 3.63) is 0 Å². The fraction of sp³-hybridized carbons (Fsp3) is 0.875. The first-order valence-electron chi connectivity index (χ1n) is 3.92. The number of carbonyl (C=O) groups excluding carboxylic acids is 1. The number of esters is 1. The van der Waals surface area contributed by atoms with Gasteiger partial charge in [0, 0.05) is 0 Å². The van der Waals surface area contributed by atoms with Gasteiger partial charge in [-0.05, 0) is 20.3 Å². The molecule has 0 rings (SSSR count). The van der Waals surface area contributed by atoms with E-state index in [0.29, 0.717) is 0 Å². The smallest absolute Gasteiger partial charge is 0.319 e. The van der Waals surface area contributed by atoms with Crippen LogP contribution in [0.2, 0.25) is 0 Å². The lowest BCUT2D eigenvalue weighted by Crippen LogP contribution is -2.20. The number of ether oxygens (including phenoxy) is 1. The molecule has 66 valence electrons. The molecule has 11 heavy (non-hydrogen) atoms. The van der Waals surface area contributed by atoms with Crippen molar-refractivity contribution in [1.82, 2.24) is 0 Å². The van der Waals surface area contributed by atoms with Gasteiger partial charge in [0.05, 0.1) is 6.10 Å². The molecule has 0 aliphatic carbocycles. The Bertz CT molecular complexity index is 123. The summed E-state index contributed by atoms with van der Waals surface area (Å²) in [5.74, 6) is -0.151. The van der Waals surface area contributed by atoms with E-state index < -0.39 is 0 Å². The Labute approximate surface area is 76.4 Å². The summed E-state index contributed by atoms with van der Waals surface area (Å²) in [6.45, 7) is 5.74. The monoisotopic (exact) mass is 222 g/mol. The van der Waals surface area contributed by atoms with Gasteiger partial charge in [0.2, 0.25) is 0 Å². The van der Waals surface area contributed by atoms with Crippen LogP contribution >= 0.6 is 15.9 Å². The molecule has 0 bridgehead atoms. The van der Waals surface area contributed by atoms with E-state index >= 15 is 0 Å². The normalized spacial score (nSPS) is 13.2. The number of halogens is 1. The molecule has 0 aliphatic heterocycles. The van der Waals surface area contributed by atoms with Crippen molar-refractivity contribution in [2.75, 3.05) is 0 Å². The topological polar surface area (TPSA) is 26.3 Å². The van der Waals surface area contributed by atoms with Crippen LogP contribution in [0.1, 0.15) is 33.6 Å². The molecule has 1 unspecified atom stereocenters. The zero-order valence-electron chi connectivity index (χ0n) is 7.26. The van der Waals surface area contributed by atoms with Crippen molar-refractivity contribution in [2.45, 2.75) is 44.5 Å². The zero-order valence-corrected chi connectivity index (χ0v) is 8.85. The van der Waals surface area contributed by atoms with Crippen molar-refractivity contribution >= 4 is 21.9 Å². The highest BCUT2D eigenvalue weighted by atomic mass is 79.9. The standard InChI is InChI=1S/C8H15BrO2/c1-4-5-7(9)8(10)11-6(2)3/h6-7H,4-5H2,1-3H3. The third-order valence-electron chi connectivity index (χ3n) is 1.15. The van der Waals surface area contributed by atoms with Crippen LogP contribution in [0, 0.1) is 0 Å². The molecular formula is C8H15BrO2. The van der Waals surface area contributed by atoms with Crippen molar-refractivity contribution in [3.8, 4) is 0 Å². The van der Waals surface area contributed by atoms with E-state index in [1.807, 2.05) is 20.8 Å². The fourth-order valence-electron chi connectivity index (χ4n) is 0.677. The van der Waals surface area contributed by atoms with E-state index in [1.165, 1.54) is 0 Å². The number of rotatable bonds is 4. The van der Waals surface area contributed by atoms with Gasteiger partial charge in [-0.25, -0.2) is 0 Å². The molecule has 0 aromatic heterocycles. The van der Waals surface area contributed by atoms with Crippen LogP contribution in [0.5, 0.6) is 0 Å². The second-order valence-electron chi connectivity index (χ2n) is 2.74. The summed E-state index contributed by atoms with van der Waals surface area (Å²) < 4.78 is 4.98. The highest BCUT2D eigenvalue weighted by Crippen LogP contribution is 2.10. The molecular weight excluding hydrogens is 208 g/mol. The first-order chi connectivity index (χ1) is 5.07. The Balaban J connectivity index is 3.64. The summed E-state index contributed by atoms with van der Waals surface area (Å²) in [5, 5.41) is 0. The van der Waals surface area contributed by atoms with E-state index in [2.05, 4.69) is 15.9 Å². The van der Waals surface area contributed by atoms with E-state index in [1.54, 1.807) is 0 Å². The summed E-state index contributed by atoms with van der Waals surface area (Å²) in [6.07, 6.45) is 1.81. The van der Waals surface area contributed by atoms with Crippen molar-refractivity contribution < 1.29 is 9.53 Å². The Morgan fingerprint density at radius 3 is 2.45 bits per heavy atom. The highest BCUT2D eigenvalue weighted by molar-refractivity contribution is 9.10. The second-order valence-corrected chi connectivity index (χ2v) is 3.85. The first kappa shape index (κ1) is 11.0. The minimum absolute atomic E-state index is 0.0144. The fourth-order valence-corrected chi connectivity index (χ4v) is 1.24. The van der Waals surface area contributed by atoms with Crippen molar-refractivity contribution in [2.24, 2.45) is 0 Å². The van der Waals surface area contributed by atoms with Crippen LogP contribution < -0.4 is 0 Å². The quantitative estimate of drug-likeness (QED) is 0.540. The maximum atomic E-state index is 11.1. The zero-order chi connectivity index (χ0) is 8.85. The lowest BCUT2D eigenvalue weighted by Gasteiger charge is -2.11. The minimum atomic E-state index is -0.151. The average molecular weight is 223 g/mol. The van der Waals surface area contributed by atoms with Crippen LogP contribution in [0.3, 0.4) is 0 Å². The molecule has 0 aliphatic rings. The number of hydrogen-bond acceptors (Lipinski definition) is 2. The van der Waals surface area contributed by atoms with E-state index in [0.717, 1.165) is 12.8 Å². The molecule has 1 atom stereocenters. The van der Waals surface area contributed by atoms with Crippen molar-refractivity contribution in [1.29, 1.82) is 0 Å². The number of alkyl halides is 1. The van der Waals surface area contributed by atoms with Crippen LogP contribution in [0.15, 0.2) is 0 Å². The molecule has 0 fully saturated rings. The molecule has 0 aromatic carbocycles. The number of hydrogen-bond donors (Lipinski definition) is 0. The van der Waals surface area contributed by atoms with Crippen LogP contribution in [-0.4, -0.2) is 16.9 Å². The summed E-state index contributed by atoms with van der Waals surface area (Å²) in [6, 6.07) is 0. The Kier molecular flexibility index (Phi) is 5.56. The Morgan fingerprint density at radius 1 is 1.55 bits per heavy atom. The van der Waals surface area contributed by atoms with Gasteiger partial charge in [0.15, 0.2) is 0 Å². The third kappa shape index (κ3) is 5.24. The molecule has 0 heterocycles. The molecule has 0 saturated heterocycles. The summed E-state index contributed by atoms with van der Waals surface area (Å²) in [4.78, 5) is 10.9. The van der Waals surface area contributed by atoms with Gasteiger partial charge in [-0.1, -0.05) is 29.3 Å². The molecule has 0 radical (unpaired) electrons. The average Bonchev–Trinajstić information content (AvgIpc) is 1.86. The maximum Gasteiger partial charge on any atom is 0.319 e. The predicted molar refractivity (Wildman–Crippen MR) is 48.9 cm³/mol. The lowest BCUT2D eigenvalue weighted by molar-refractivity contribution is -0.146.